The molecule has 0 radical (unpaired) electrons. The van der Waals surface area contributed by atoms with Gasteiger partial charge in [-0.1, -0.05) is 29.3 Å². The number of nitrogens with two attached hydrogens (primary N) is 1. The molecule has 3 N–H and O–H groups in total. The molecule has 0 bridgehead atoms. The van der Waals surface area contributed by atoms with E-state index < -0.39 is 12.1 Å². The van der Waals surface area contributed by atoms with E-state index in [0.717, 1.165) is 0 Å². The Bertz CT molecular complexity index is 1020. The average molecular weight is 448 g/mol. The number of nitrogen functional groups attached to an aromatic ring is 1. The van der Waals surface area contributed by atoms with Gasteiger partial charge in [-0.25, -0.2) is 9.78 Å². The highest BCUT2D eigenvalue weighted by atomic mass is 35.5. The Kier molecular flexibility index (Phi) is 7.03. The SMILES string of the molecule is COc1ccc([C@H](Cc2c(Cl)c[nH+]cc2Cl)OC(=O)c2ccc(N)cc2)cc1OC. The number of aromatic nitrogens is 1. The molecule has 1 atom stereocenters. The number of hydrogen-bond acceptors (Lipinski definition) is 5. The van der Waals surface area contributed by atoms with Crippen LogP contribution >= 0.6 is 23.2 Å². The van der Waals surface area contributed by atoms with Crippen molar-refractivity contribution in [2.45, 2.75) is 12.5 Å². The average Bonchev–Trinajstić information content (AvgIpc) is 2.75. The zero-order chi connectivity index (χ0) is 21.7. The van der Waals surface area contributed by atoms with Crippen molar-refractivity contribution < 1.29 is 24.0 Å². The largest absolute Gasteiger partial charge is 0.493 e. The van der Waals surface area contributed by atoms with Gasteiger partial charge in [-0.3, -0.25) is 0 Å². The lowest BCUT2D eigenvalue weighted by Crippen LogP contribution is -2.15. The van der Waals surface area contributed by atoms with E-state index in [1.54, 1.807) is 62.0 Å². The molecule has 3 rings (SSSR count). The minimum absolute atomic E-state index is 0.266. The van der Waals surface area contributed by atoms with Crippen LogP contribution in [-0.4, -0.2) is 20.2 Å². The lowest BCUT2D eigenvalue weighted by molar-refractivity contribution is -0.377. The number of hydrogen-bond donors (Lipinski definition) is 1. The van der Waals surface area contributed by atoms with Crippen LogP contribution in [0.5, 0.6) is 11.5 Å². The minimum atomic E-state index is -0.674. The Morgan fingerprint density at radius 2 is 1.63 bits per heavy atom. The summed E-state index contributed by atoms with van der Waals surface area (Å²) in [5.74, 6) is 0.585. The summed E-state index contributed by atoms with van der Waals surface area (Å²) in [6.07, 6.45) is 2.84. The quantitative estimate of drug-likeness (QED) is 0.424. The molecule has 2 aromatic carbocycles. The number of carbonyl (C=O) groups is 1. The molecule has 0 aliphatic rings. The van der Waals surface area contributed by atoms with Gasteiger partial charge in [-0.15, -0.1) is 0 Å². The second-order valence-corrected chi connectivity index (χ2v) is 7.28. The lowest BCUT2D eigenvalue weighted by atomic mass is 10.0. The molecule has 30 heavy (non-hydrogen) atoms. The number of H-pyrrole nitrogens is 1. The molecule has 6 nitrogen and oxygen atoms in total. The number of carbonyl (C=O) groups excluding carboxylic acids is 1. The van der Waals surface area contributed by atoms with E-state index in [9.17, 15) is 4.79 Å². The summed E-state index contributed by atoms with van der Waals surface area (Å²) in [5.41, 5.74) is 8.00. The molecule has 8 heteroatoms. The molecular formula is C22H21Cl2N2O4+. The molecule has 0 amide bonds. The third kappa shape index (κ3) is 4.96. The van der Waals surface area contributed by atoms with Gasteiger partial charge in [-0.2, -0.15) is 0 Å². The van der Waals surface area contributed by atoms with Gasteiger partial charge >= 0.3 is 5.97 Å². The molecule has 0 spiro atoms. The van der Waals surface area contributed by atoms with Gasteiger partial charge in [0.05, 0.1) is 19.8 Å². The van der Waals surface area contributed by atoms with E-state index >= 15 is 0 Å². The van der Waals surface area contributed by atoms with Crippen molar-refractivity contribution in [3.05, 3.63) is 81.6 Å². The smallest absolute Gasteiger partial charge is 0.338 e. The predicted octanol–water partition coefficient (Wildman–Crippen LogP) is 4.55. The molecule has 156 valence electrons. The summed E-state index contributed by atoms with van der Waals surface area (Å²) in [7, 11) is 3.09. The van der Waals surface area contributed by atoms with Gasteiger partial charge in [-0.05, 0) is 42.0 Å². The van der Waals surface area contributed by atoms with Crippen molar-refractivity contribution in [3.63, 3.8) is 0 Å². The molecule has 3 aromatic rings. The Morgan fingerprint density at radius 3 is 2.23 bits per heavy atom. The fraction of sp³-hybridized carbons (Fsp3) is 0.182. The second kappa shape index (κ2) is 9.69. The van der Waals surface area contributed by atoms with Gasteiger partial charge in [0.15, 0.2) is 23.9 Å². The van der Waals surface area contributed by atoms with Crippen LogP contribution in [0, 0.1) is 0 Å². The molecule has 0 saturated carbocycles. The summed E-state index contributed by atoms with van der Waals surface area (Å²) in [5, 5.41) is 0.882. The summed E-state index contributed by atoms with van der Waals surface area (Å²) in [4.78, 5) is 15.7. The van der Waals surface area contributed by atoms with Crippen LogP contribution < -0.4 is 20.2 Å². The van der Waals surface area contributed by atoms with E-state index in [2.05, 4.69) is 4.98 Å². The first-order valence-corrected chi connectivity index (χ1v) is 9.81. The summed E-state index contributed by atoms with van der Waals surface area (Å²) in [6.45, 7) is 0. The van der Waals surface area contributed by atoms with Crippen molar-refractivity contribution in [1.82, 2.24) is 0 Å². The monoisotopic (exact) mass is 447 g/mol. The van der Waals surface area contributed by atoms with Crippen molar-refractivity contribution in [3.8, 4) is 11.5 Å². The number of halogens is 2. The molecule has 0 unspecified atom stereocenters. The van der Waals surface area contributed by atoms with Gasteiger partial charge in [0.1, 0.15) is 16.1 Å². The summed E-state index contributed by atoms with van der Waals surface area (Å²) < 4.78 is 16.5. The number of rotatable bonds is 7. The van der Waals surface area contributed by atoms with E-state index in [-0.39, 0.29) is 6.42 Å². The fourth-order valence-corrected chi connectivity index (χ4v) is 3.49. The van der Waals surface area contributed by atoms with Gasteiger partial charge < -0.3 is 19.9 Å². The fourth-order valence-electron chi connectivity index (χ4n) is 2.95. The van der Waals surface area contributed by atoms with Crippen molar-refractivity contribution in [2.75, 3.05) is 20.0 Å². The maximum absolute atomic E-state index is 12.8. The van der Waals surface area contributed by atoms with E-state index in [1.807, 2.05) is 0 Å². The topological polar surface area (TPSA) is 84.9 Å². The van der Waals surface area contributed by atoms with Crippen LogP contribution in [-0.2, 0) is 11.2 Å². The number of pyridine rings is 1. The van der Waals surface area contributed by atoms with Gasteiger partial charge in [0.2, 0.25) is 0 Å². The number of aromatic amines is 1. The van der Waals surface area contributed by atoms with Crippen LogP contribution in [0.1, 0.15) is 27.6 Å². The maximum Gasteiger partial charge on any atom is 0.338 e. The molecule has 0 saturated heterocycles. The number of esters is 1. The van der Waals surface area contributed by atoms with Crippen LogP contribution in [0.4, 0.5) is 5.69 Å². The standard InChI is InChI=1S/C22H20Cl2N2O4/c1-28-19-8-5-14(9-21(19)29-2)20(10-16-17(23)11-26-12-18(16)24)30-22(27)13-3-6-15(25)7-4-13/h3-9,11-12,20H,10,25H2,1-2H3/p+1/t20-/m0/s1. The van der Waals surface area contributed by atoms with Crippen LogP contribution in [0.3, 0.4) is 0 Å². The molecular weight excluding hydrogens is 427 g/mol. The molecule has 0 aliphatic heterocycles. The number of benzene rings is 2. The van der Waals surface area contributed by atoms with Crippen LogP contribution in [0.2, 0.25) is 10.0 Å². The van der Waals surface area contributed by atoms with Crippen molar-refractivity contribution in [1.29, 1.82) is 0 Å². The number of methoxy groups -OCH3 is 2. The third-order valence-electron chi connectivity index (χ3n) is 4.56. The first-order valence-electron chi connectivity index (χ1n) is 9.05. The van der Waals surface area contributed by atoms with Crippen LogP contribution in [0.15, 0.2) is 54.9 Å². The highest BCUT2D eigenvalue weighted by molar-refractivity contribution is 6.35. The third-order valence-corrected chi connectivity index (χ3v) is 5.24. The number of nitrogens with one attached hydrogen (secondary N) is 1. The summed E-state index contributed by atoms with van der Waals surface area (Å²) in [6, 6.07) is 11.8. The van der Waals surface area contributed by atoms with Gasteiger partial charge in [0.25, 0.3) is 0 Å². The minimum Gasteiger partial charge on any atom is -0.493 e. The lowest BCUT2D eigenvalue weighted by Gasteiger charge is -2.20. The second-order valence-electron chi connectivity index (χ2n) is 6.46. The molecule has 1 aromatic heterocycles. The van der Waals surface area contributed by atoms with Crippen molar-refractivity contribution >= 4 is 34.9 Å². The Labute approximate surface area is 184 Å². The van der Waals surface area contributed by atoms with E-state index in [4.69, 9.17) is 43.1 Å². The highest BCUT2D eigenvalue weighted by Gasteiger charge is 2.24. The van der Waals surface area contributed by atoms with E-state index in [0.29, 0.717) is 43.9 Å². The van der Waals surface area contributed by atoms with Gasteiger partial charge in [0, 0.05) is 17.7 Å². The predicted molar refractivity (Wildman–Crippen MR) is 115 cm³/mol. The zero-order valence-electron chi connectivity index (χ0n) is 16.4. The van der Waals surface area contributed by atoms with Crippen molar-refractivity contribution in [2.24, 2.45) is 0 Å². The number of anilines is 1. The van der Waals surface area contributed by atoms with Crippen LogP contribution in [0.25, 0.3) is 0 Å². The number of ether oxygens (including phenoxy) is 3. The Hall–Kier alpha value is -2.96. The highest BCUT2D eigenvalue weighted by Crippen LogP contribution is 2.35. The molecule has 1 heterocycles. The van der Waals surface area contributed by atoms with E-state index in [1.165, 1.54) is 7.11 Å². The molecule has 0 fully saturated rings. The first-order chi connectivity index (χ1) is 14.4. The summed E-state index contributed by atoms with van der Waals surface area (Å²) >= 11 is 12.6. The Balaban J connectivity index is 1.98. The first kappa shape index (κ1) is 21.7. The normalized spacial score (nSPS) is 11.6. The molecule has 0 aliphatic carbocycles. The zero-order valence-corrected chi connectivity index (χ0v) is 18.0. The maximum atomic E-state index is 12.8. The Morgan fingerprint density at radius 1 is 1.00 bits per heavy atom.